The first-order chi connectivity index (χ1) is 13.2. The van der Waals surface area contributed by atoms with E-state index in [4.69, 9.17) is 0 Å². The van der Waals surface area contributed by atoms with Crippen LogP contribution >= 0.6 is 11.3 Å². The van der Waals surface area contributed by atoms with Gasteiger partial charge in [-0.1, -0.05) is 0 Å². The lowest BCUT2D eigenvalue weighted by Crippen LogP contribution is -2.27. The van der Waals surface area contributed by atoms with Crippen molar-refractivity contribution in [1.29, 1.82) is 0 Å². The Balaban J connectivity index is 2.35. The smallest absolute Gasteiger partial charge is 0.348 e. The largest absolute Gasteiger partial charge is 0.465 e. The van der Waals surface area contributed by atoms with Gasteiger partial charge in [-0.15, -0.1) is 11.3 Å². The molecule has 0 aliphatic carbocycles. The number of methoxy groups -OCH3 is 2. The predicted octanol–water partition coefficient (Wildman–Crippen LogP) is 1.34. The number of nitrogens with one attached hydrogen (secondary N) is 1. The zero-order chi connectivity index (χ0) is 21.0. The van der Waals surface area contributed by atoms with Crippen LogP contribution in [-0.2, 0) is 20.8 Å². The molecule has 0 aromatic carbocycles. The molecule has 1 N–H and O–H groups in total. The third kappa shape index (κ3) is 4.23. The molecule has 0 radical (unpaired) electrons. The second-order valence-electron chi connectivity index (χ2n) is 5.40. The summed E-state index contributed by atoms with van der Waals surface area (Å²) in [6, 6.07) is 1.99. The fourth-order valence-electron chi connectivity index (χ4n) is 2.31. The molecule has 0 bridgehead atoms. The highest BCUT2D eigenvalue weighted by atomic mass is 32.1. The molecule has 2 aromatic rings. The van der Waals surface area contributed by atoms with Crippen molar-refractivity contribution in [2.24, 2.45) is 0 Å². The van der Waals surface area contributed by atoms with Crippen LogP contribution in [0.3, 0.4) is 0 Å². The SMILES string of the molecule is COC(=O)c1sc(NC(=O)Cn2cc([N+](=O)[O-])ccc2=O)c(C(=O)OC)c1C. The molecular weight excluding hydrogens is 394 g/mol. The molecule has 2 heterocycles. The molecule has 0 aliphatic rings. The fraction of sp³-hybridized carbons (Fsp3) is 0.250. The molecule has 0 aliphatic heterocycles. The summed E-state index contributed by atoms with van der Waals surface area (Å²) in [5, 5.41) is 13.3. The van der Waals surface area contributed by atoms with Crippen LogP contribution in [0.1, 0.15) is 25.6 Å². The lowest BCUT2D eigenvalue weighted by atomic mass is 10.1. The molecule has 11 nitrogen and oxygen atoms in total. The number of hydrogen-bond donors (Lipinski definition) is 1. The van der Waals surface area contributed by atoms with Crippen LogP contribution in [-0.4, -0.2) is 41.6 Å². The predicted molar refractivity (Wildman–Crippen MR) is 97.7 cm³/mol. The first kappa shape index (κ1) is 20.8. The highest BCUT2D eigenvalue weighted by Gasteiger charge is 2.26. The maximum atomic E-state index is 12.3. The van der Waals surface area contributed by atoms with Crippen LogP contribution in [0.25, 0.3) is 0 Å². The molecular formula is C16H15N3O8S. The Bertz CT molecular complexity index is 1020. The number of ether oxygens (including phenoxy) is 2. The van der Waals surface area contributed by atoms with Gasteiger partial charge in [0.15, 0.2) is 0 Å². The van der Waals surface area contributed by atoms with E-state index in [0.717, 1.165) is 41.3 Å². The van der Waals surface area contributed by atoms with E-state index in [0.29, 0.717) is 0 Å². The number of amides is 1. The van der Waals surface area contributed by atoms with Crippen molar-refractivity contribution in [2.45, 2.75) is 13.5 Å². The van der Waals surface area contributed by atoms with Crippen LogP contribution in [0.4, 0.5) is 10.7 Å². The minimum atomic E-state index is -0.772. The van der Waals surface area contributed by atoms with Gasteiger partial charge < -0.3 is 14.8 Å². The number of hydrogen-bond acceptors (Lipinski definition) is 9. The van der Waals surface area contributed by atoms with Crippen molar-refractivity contribution in [3.8, 4) is 0 Å². The molecule has 0 saturated carbocycles. The number of thiophene rings is 1. The summed E-state index contributed by atoms with van der Waals surface area (Å²) in [6.07, 6.45) is 0.933. The van der Waals surface area contributed by atoms with E-state index in [1.165, 1.54) is 14.0 Å². The van der Waals surface area contributed by atoms with Gasteiger partial charge in [0.05, 0.1) is 30.9 Å². The molecule has 2 rings (SSSR count). The van der Waals surface area contributed by atoms with Crippen molar-refractivity contribution in [3.05, 3.63) is 54.8 Å². The van der Waals surface area contributed by atoms with Gasteiger partial charge in [-0.25, -0.2) is 9.59 Å². The Morgan fingerprint density at radius 1 is 1.21 bits per heavy atom. The van der Waals surface area contributed by atoms with E-state index < -0.39 is 34.9 Å². The van der Waals surface area contributed by atoms with Crippen molar-refractivity contribution in [3.63, 3.8) is 0 Å². The second kappa shape index (κ2) is 8.43. The van der Waals surface area contributed by atoms with Gasteiger partial charge in [0.2, 0.25) is 5.91 Å². The average Bonchev–Trinajstić information content (AvgIpc) is 2.97. The third-order valence-corrected chi connectivity index (χ3v) is 4.84. The standard InChI is InChI=1S/C16H15N3O8S/c1-8-12(15(22)26-2)14(28-13(8)16(23)27-3)17-10(20)7-18-6-9(19(24)25)4-5-11(18)21/h4-6H,7H2,1-3H3,(H,17,20). The second-order valence-corrected chi connectivity index (χ2v) is 6.42. The van der Waals surface area contributed by atoms with Gasteiger partial charge in [-0.3, -0.25) is 24.3 Å². The van der Waals surface area contributed by atoms with Gasteiger partial charge >= 0.3 is 11.9 Å². The Morgan fingerprint density at radius 2 is 1.86 bits per heavy atom. The lowest BCUT2D eigenvalue weighted by Gasteiger charge is -2.07. The van der Waals surface area contributed by atoms with E-state index in [1.807, 2.05) is 0 Å². The number of rotatable bonds is 6. The first-order valence-electron chi connectivity index (χ1n) is 7.64. The van der Waals surface area contributed by atoms with Crippen LogP contribution in [0, 0.1) is 17.0 Å². The molecule has 0 unspecified atom stereocenters. The lowest BCUT2D eigenvalue weighted by molar-refractivity contribution is -0.385. The number of anilines is 1. The summed E-state index contributed by atoms with van der Waals surface area (Å²) < 4.78 is 10.2. The van der Waals surface area contributed by atoms with Crippen LogP contribution < -0.4 is 10.9 Å². The summed E-state index contributed by atoms with van der Waals surface area (Å²) in [6.45, 7) is 0.960. The van der Waals surface area contributed by atoms with Crippen molar-refractivity contribution in [1.82, 2.24) is 4.57 Å². The molecule has 1 amide bonds. The number of nitrogens with zero attached hydrogens (tertiary/aromatic N) is 2. The van der Waals surface area contributed by atoms with Crippen LogP contribution in [0.5, 0.6) is 0 Å². The third-order valence-electron chi connectivity index (χ3n) is 3.65. The molecule has 0 atom stereocenters. The Labute approximate surface area is 161 Å². The van der Waals surface area contributed by atoms with E-state index in [-0.39, 0.29) is 26.7 Å². The van der Waals surface area contributed by atoms with E-state index in [1.54, 1.807) is 0 Å². The zero-order valence-corrected chi connectivity index (χ0v) is 15.8. The van der Waals surface area contributed by atoms with Gasteiger partial charge in [0, 0.05) is 12.1 Å². The van der Waals surface area contributed by atoms with Gasteiger partial charge in [0.1, 0.15) is 16.4 Å². The Morgan fingerprint density at radius 3 is 2.43 bits per heavy atom. The summed E-state index contributed by atoms with van der Waals surface area (Å²) >= 11 is 0.811. The maximum absolute atomic E-state index is 12.3. The van der Waals surface area contributed by atoms with E-state index >= 15 is 0 Å². The molecule has 0 saturated heterocycles. The molecule has 28 heavy (non-hydrogen) atoms. The number of nitro groups is 1. The molecule has 148 valence electrons. The number of pyridine rings is 1. The number of carbonyl (C=O) groups is 3. The first-order valence-corrected chi connectivity index (χ1v) is 8.46. The van der Waals surface area contributed by atoms with Crippen molar-refractivity contribution >= 4 is 39.9 Å². The fourth-order valence-corrected chi connectivity index (χ4v) is 3.44. The summed E-state index contributed by atoms with van der Waals surface area (Å²) in [7, 11) is 2.32. The van der Waals surface area contributed by atoms with Crippen LogP contribution in [0.2, 0.25) is 0 Å². The summed E-state index contributed by atoms with van der Waals surface area (Å²) in [5.41, 5.74) is -0.728. The van der Waals surface area contributed by atoms with Gasteiger partial charge in [-0.05, 0) is 12.5 Å². The number of aromatic nitrogens is 1. The Hall–Kier alpha value is -3.54. The summed E-state index contributed by atoms with van der Waals surface area (Å²) in [4.78, 5) is 58.3. The molecule has 2 aromatic heterocycles. The molecule has 12 heteroatoms. The van der Waals surface area contributed by atoms with Crippen molar-refractivity contribution in [2.75, 3.05) is 19.5 Å². The normalized spacial score (nSPS) is 10.2. The Kier molecular flexibility index (Phi) is 6.26. The average molecular weight is 409 g/mol. The number of carbonyl (C=O) groups excluding carboxylic acids is 3. The van der Waals surface area contributed by atoms with Crippen molar-refractivity contribution < 1.29 is 28.8 Å². The van der Waals surface area contributed by atoms with Gasteiger partial charge in [0.25, 0.3) is 11.2 Å². The highest BCUT2D eigenvalue weighted by molar-refractivity contribution is 7.18. The van der Waals surface area contributed by atoms with Gasteiger partial charge in [-0.2, -0.15) is 0 Å². The maximum Gasteiger partial charge on any atom is 0.348 e. The topological polar surface area (TPSA) is 147 Å². The highest BCUT2D eigenvalue weighted by Crippen LogP contribution is 2.34. The van der Waals surface area contributed by atoms with E-state index in [2.05, 4.69) is 14.8 Å². The quantitative estimate of drug-likeness (QED) is 0.427. The minimum absolute atomic E-state index is 0.0207. The van der Waals surface area contributed by atoms with Crippen LogP contribution in [0.15, 0.2) is 23.1 Å². The molecule has 0 fully saturated rings. The van der Waals surface area contributed by atoms with E-state index in [9.17, 15) is 29.3 Å². The zero-order valence-electron chi connectivity index (χ0n) is 15.0. The number of esters is 2. The molecule has 0 spiro atoms. The minimum Gasteiger partial charge on any atom is -0.465 e. The monoisotopic (exact) mass is 409 g/mol. The summed E-state index contributed by atoms with van der Waals surface area (Å²) in [5.74, 6) is -2.19.